The summed E-state index contributed by atoms with van der Waals surface area (Å²) in [5.74, 6) is 1.59. The SMILES string of the molecule is COCOc1cc(CO)cc(OCOC)c1.COCOc1cc(OCOC)cc(C(=O)OC)c1.[AlH3].[H-].[Li+]. The summed E-state index contributed by atoms with van der Waals surface area (Å²) in [7, 11) is 7.40. The zero-order valence-corrected chi connectivity index (χ0v) is 21.0. The van der Waals surface area contributed by atoms with Gasteiger partial charge in [0.05, 0.1) is 19.3 Å². The van der Waals surface area contributed by atoms with E-state index in [1.807, 2.05) is 0 Å². The Morgan fingerprint density at radius 2 is 1.00 bits per heavy atom. The zero-order valence-electron chi connectivity index (χ0n) is 22.0. The van der Waals surface area contributed by atoms with Gasteiger partial charge in [-0.05, 0) is 29.8 Å². The summed E-state index contributed by atoms with van der Waals surface area (Å²) >= 11 is 0. The van der Waals surface area contributed by atoms with Crippen molar-refractivity contribution in [3.05, 3.63) is 47.5 Å². The van der Waals surface area contributed by atoms with Crippen LogP contribution in [0.5, 0.6) is 23.0 Å². The molecule has 0 amide bonds. The van der Waals surface area contributed by atoms with E-state index < -0.39 is 5.97 Å². The Bertz CT molecular complexity index is 809. The number of aliphatic hydroxyl groups is 1. The van der Waals surface area contributed by atoms with E-state index in [1.165, 1.54) is 35.5 Å². The molecule has 2 aromatic carbocycles. The molecule has 0 aliphatic carbocycles. The average Bonchev–Trinajstić information content (AvgIpc) is 2.87. The second-order valence-corrected chi connectivity index (χ2v) is 6.36. The van der Waals surface area contributed by atoms with Crippen LogP contribution in [0.3, 0.4) is 0 Å². The van der Waals surface area contributed by atoms with E-state index in [9.17, 15) is 4.79 Å². The standard InChI is InChI=1S/C12H16O6.C11H16O5.Al.Li.4H/c1-14-7-17-10-4-9(12(13)16-3)5-11(6-10)18-8-15-2;1-13-7-15-10-3-9(6-12)4-11(5-10)16-8-14-2;;;;;;/h4-6H,7-8H2,1-3H3;3-5,12H,6-8H2,1-2H3;;;;;;/q;;;+1;;;;-1. The number of methoxy groups -OCH3 is 5. The third-order valence-electron chi connectivity index (χ3n) is 3.80. The zero-order chi connectivity index (χ0) is 25.2. The van der Waals surface area contributed by atoms with Gasteiger partial charge >= 0.3 is 24.8 Å². The van der Waals surface area contributed by atoms with Crippen LogP contribution in [0, 0.1) is 0 Å². The Morgan fingerprint density at radius 3 is 1.28 bits per heavy atom. The maximum absolute atomic E-state index is 11.5. The van der Waals surface area contributed by atoms with Gasteiger partial charge < -0.3 is 49.2 Å². The third kappa shape index (κ3) is 14.6. The molecule has 198 valence electrons. The first-order valence-corrected chi connectivity index (χ1v) is 9.96. The molecule has 0 bridgehead atoms. The quantitative estimate of drug-likeness (QED) is 0.178. The van der Waals surface area contributed by atoms with E-state index in [1.54, 1.807) is 36.4 Å². The van der Waals surface area contributed by atoms with Gasteiger partial charge in [-0.1, -0.05) is 0 Å². The first kappa shape index (κ1) is 36.2. The van der Waals surface area contributed by atoms with E-state index in [0.717, 1.165) is 0 Å². The van der Waals surface area contributed by atoms with Gasteiger partial charge in [0, 0.05) is 40.6 Å². The second kappa shape index (κ2) is 22.3. The van der Waals surface area contributed by atoms with Gasteiger partial charge in [0.15, 0.2) is 44.5 Å². The Morgan fingerprint density at radius 1 is 0.667 bits per heavy atom. The summed E-state index contributed by atoms with van der Waals surface area (Å²) in [4.78, 5) is 11.5. The third-order valence-corrected chi connectivity index (χ3v) is 3.80. The largest absolute Gasteiger partial charge is 1.00 e. The number of aliphatic hydroxyl groups excluding tert-OH is 1. The molecule has 36 heavy (non-hydrogen) atoms. The predicted octanol–water partition coefficient (Wildman–Crippen LogP) is -1.48. The Labute approximate surface area is 235 Å². The normalized spacial score (nSPS) is 9.50. The maximum Gasteiger partial charge on any atom is 1.00 e. The Kier molecular flexibility index (Phi) is 22.4. The number of esters is 1. The Hall–Kier alpha value is -1.96. The number of hydrogen-bond donors (Lipinski definition) is 1. The number of benzene rings is 2. The Balaban J connectivity index is -0.000000581. The molecule has 0 spiro atoms. The number of carbonyl (C=O) groups is 1. The molecule has 0 unspecified atom stereocenters. The van der Waals surface area contributed by atoms with E-state index in [4.69, 9.17) is 43.0 Å². The minimum absolute atomic E-state index is 0. The van der Waals surface area contributed by atoms with Crippen molar-refractivity contribution in [1.82, 2.24) is 0 Å². The van der Waals surface area contributed by atoms with Crippen molar-refractivity contribution in [3.63, 3.8) is 0 Å². The van der Waals surface area contributed by atoms with Crippen LogP contribution in [0.2, 0.25) is 0 Å². The fraction of sp³-hybridized carbons (Fsp3) is 0.435. The first-order valence-electron chi connectivity index (χ1n) is 9.96. The van der Waals surface area contributed by atoms with Crippen LogP contribution in [0.1, 0.15) is 17.3 Å². The minimum Gasteiger partial charge on any atom is -1.00 e. The molecule has 0 aliphatic rings. The molecule has 0 radical (unpaired) electrons. The molecular formula is C23H36AlLiO11. The molecule has 1 N–H and O–H groups in total. The van der Waals surface area contributed by atoms with E-state index in [0.29, 0.717) is 34.1 Å². The van der Waals surface area contributed by atoms with Crippen LogP contribution in [-0.4, -0.2) is 91.2 Å². The van der Waals surface area contributed by atoms with Crippen LogP contribution in [-0.2, 0) is 30.3 Å². The fourth-order valence-electron chi connectivity index (χ4n) is 2.37. The first-order chi connectivity index (χ1) is 16.5. The van der Waals surface area contributed by atoms with Gasteiger partial charge in [0.2, 0.25) is 0 Å². The summed E-state index contributed by atoms with van der Waals surface area (Å²) in [5, 5.41) is 9.06. The molecule has 0 aliphatic heterocycles. The number of rotatable bonds is 14. The van der Waals surface area contributed by atoms with Gasteiger partial charge in [0.25, 0.3) is 0 Å². The van der Waals surface area contributed by atoms with Crippen LogP contribution in [0.4, 0.5) is 0 Å². The van der Waals surface area contributed by atoms with Gasteiger partial charge in [-0.25, -0.2) is 4.79 Å². The molecule has 2 rings (SSSR count). The molecule has 0 saturated heterocycles. The van der Waals surface area contributed by atoms with Crippen LogP contribution >= 0.6 is 0 Å². The number of ether oxygens (including phenoxy) is 9. The van der Waals surface area contributed by atoms with Gasteiger partial charge in [-0.15, -0.1) is 0 Å². The average molecular weight is 522 g/mol. The molecule has 0 fully saturated rings. The van der Waals surface area contributed by atoms with Crippen molar-refractivity contribution in [2.24, 2.45) is 0 Å². The molecule has 11 nitrogen and oxygen atoms in total. The van der Waals surface area contributed by atoms with Gasteiger partial charge in [-0.2, -0.15) is 0 Å². The van der Waals surface area contributed by atoms with Gasteiger partial charge in [0.1, 0.15) is 23.0 Å². The molecule has 0 heterocycles. The molecule has 0 aromatic heterocycles. The maximum atomic E-state index is 11.5. The van der Waals surface area contributed by atoms with Crippen LogP contribution in [0.15, 0.2) is 36.4 Å². The summed E-state index contributed by atoms with van der Waals surface area (Å²) < 4.78 is 44.9. The van der Waals surface area contributed by atoms with Crippen LogP contribution in [0.25, 0.3) is 0 Å². The fourth-order valence-corrected chi connectivity index (χ4v) is 2.37. The monoisotopic (exact) mass is 522 g/mol. The molecule has 2 aromatic rings. The summed E-state index contributed by atoms with van der Waals surface area (Å²) in [6, 6.07) is 9.87. The predicted molar refractivity (Wildman–Crippen MR) is 131 cm³/mol. The second-order valence-electron chi connectivity index (χ2n) is 6.36. The van der Waals surface area contributed by atoms with Crippen LogP contribution < -0.4 is 37.8 Å². The van der Waals surface area contributed by atoms with Crippen molar-refractivity contribution in [2.45, 2.75) is 6.61 Å². The van der Waals surface area contributed by atoms with Crippen molar-refractivity contribution in [1.29, 1.82) is 0 Å². The van der Waals surface area contributed by atoms with E-state index >= 15 is 0 Å². The number of carbonyl (C=O) groups excluding carboxylic acids is 1. The van der Waals surface area contributed by atoms with Crippen molar-refractivity contribution in [2.75, 3.05) is 62.7 Å². The van der Waals surface area contributed by atoms with E-state index in [-0.39, 0.29) is 71.4 Å². The van der Waals surface area contributed by atoms with E-state index in [2.05, 4.69) is 4.74 Å². The summed E-state index contributed by atoms with van der Waals surface area (Å²) in [6.07, 6.45) is 0. The topological polar surface area (TPSA) is 120 Å². The van der Waals surface area contributed by atoms with Crippen molar-refractivity contribution in [3.8, 4) is 23.0 Å². The number of hydrogen-bond acceptors (Lipinski definition) is 11. The smallest absolute Gasteiger partial charge is 1.00 e. The van der Waals surface area contributed by atoms with Crippen molar-refractivity contribution < 1.29 is 72.8 Å². The molecule has 0 saturated carbocycles. The molecule has 13 heteroatoms. The molecular weight excluding hydrogens is 486 g/mol. The summed E-state index contributed by atoms with van der Waals surface area (Å²) in [6.45, 7) is 0.382. The minimum atomic E-state index is -0.472. The summed E-state index contributed by atoms with van der Waals surface area (Å²) in [5.41, 5.74) is 1.04. The molecule has 0 atom stereocenters. The van der Waals surface area contributed by atoms with Gasteiger partial charge in [-0.3, -0.25) is 0 Å². The van der Waals surface area contributed by atoms with Crippen molar-refractivity contribution >= 4 is 23.3 Å².